The Balaban J connectivity index is 1.67. The first-order chi connectivity index (χ1) is 14.7. The van der Waals surface area contributed by atoms with E-state index in [-0.39, 0.29) is 29.9 Å². The number of benzene rings is 1. The third-order valence-corrected chi connectivity index (χ3v) is 7.22. The van der Waals surface area contributed by atoms with E-state index in [9.17, 15) is 13.2 Å². The molecule has 2 heterocycles. The van der Waals surface area contributed by atoms with Gasteiger partial charge in [-0.15, -0.1) is 0 Å². The fraction of sp³-hybridized carbons (Fsp3) is 0.500. The largest absolute Gasteiger partial charge is 0.493 e. The number of methoxy groups -OCH3 is 3. The average Bonchev–Trinajstić information content (AvgIpc) is 3.12. The molecule has 0 bridgehead atoms. The molecule has 0 atom stereocenters. The van der Waals surface area contributed by atoms with Gasteiger partial charge in [0.05, 0.1) is 21.3 Å². The Labute approximate surface area is 182 Å². The van der Waals surface area contributed by atoms with Crippen molar-refractivity contribution < 1.29 is 27.4 Å². The Morgan fingerprint density at radius 2 is 1.68 bits per heavy atom. The number of hydrogen-bond acceptors (Lipinski definition) is 7. The lowest BCUT2D eigenvalue weighted by Gasteiger charge is -2.30. The number of aromatic nitrogens is 2. The predicted molar refractivity (Wildman–Crippen MR) is 114 cm³/mol. The lowest BCUT2D eigenvalue weighted by Crippen LogP contribution is -2.41. The number of amides is 1. The quantitative estimate of drug-likeness (QED) is 0.682. The van der Waals surface area contributed by atoms with Gasteiger partial charge in [0.2, 0.25) is 11.7 Å². The van der Waals surface area contributed by atoms with E-state index in [1.54, 1.807) is 30.7 Å². The van der Waals surface area contributed by atoms with Crippen molar-refractivity contribution in [2.24, 2.45) is 13.0 Å². The van der Waals surface area contributed by atoms with Crippen molar-refractivity contribution in [2.45, 2.75) is 24.8 Å². The molecule has 1 aromatic heterocycles. The summed E-state index contributed by atoms with van der Waals surface area (Å²) in [6.45, 7) is 2.26. The molecule has 1 N–H and O–H groups in total. The van der Waals surface area contributed by atoms with Gasteiger partial charge < -0.3 is 24.1 Å². The summed E-state index contributed by atoms with van der Waals surface area (Å²) in [5.74, 6) is 1.44. The Hall–Kier alpha value is -2.79. The molecule has 1 aliphatic rings. The van der Waals surface area contributed by atoms with Crippen LogP contribution in [0, 0.1) is 12.8 Å². The number of carbonyl (C=O) groups excluding carboxylic acids is 1. The van der Waals surface area contributed by atoms with Crippen molar-refractivity contribution in [3.8, 4) is 17.2 Å². The van der Waals surface area contributed by atoms with Crippen LogP contribution in [0.2, 0.25) is 0 Å². The van der Waals surface area contributed by atoms with Gasteiger partial charge in [-0.05, 0) is 19.8 Å². The number of hydrogen-bond donors (Lipinski definition) is 1. The highest BCUT2D eigenvalue weighted by Gasteiger charge is 2.33. The topological polar surface area (TPSA) is 112 Å². The predicted octanol–water partition coefficient (Wildman–Crippen LogP) is 1.79. The zero-order valence-electron chi connectivity index (χ0n) is 18.3. The smallest absolute Gasteiger partial charge is 0.262 e. The van der Waals surface area contributed by atoms with Crippen LogP contribution >= 0.6 is 0 Å². The summed E-state index contributed by atoms with van der Waals surface area (Å²) in [4.78, 5) is 16.9. The van der Waals surface area contributed by atoms with Crippen LogP contribution in [0.1, 0.15) is 18.7 Å². The Morgan fingerprint density at radius 3 is 2.13 bits per heavy atom. The van der Waals surface area contributed by atoms with Crippen molar-refractivity contribution in [3.63, 3.8) is 0 Å². The molecule has 0 unspecified atom stereocenters. The molecule has 2 aromatic rings. The summed E-state index contributed by atoms with van der Waals surface area (Å²) in [5, 5.41) is 2.91. The second-order valence-corrected chi connectivity index (χ2v) is 9.20. The molecule has 0 spiro atoms. The van der Waals surface area contributed by atoms with Gasteiger partial charge >= 0.3 is 0 Å². The first-order valence-electron chi connectivity index (χ1n) is 9.82. The van der Waals surface area contributed by atoms with Crippen LogP contribution in [0.4, 0.5) is 5.69 Å². The summed E-state index contributed by atoms with van der Waals surface area (Å²) in [7, 11) is 2.59. The van der Waals surface area contributed by atoms with Crippen molar-refractivity contribution >= 4 is 21.6 Å². The number of nitrogens with one attached hydrogen (secondary N) is 1. The first-order valence-corrected chi connectivity index (χ1v) is 11.3. The van der Waals surface area contributed by atoms with E-state index in [0.717, 1.165) is 0 Å². The van der Waals surface area contributed by atoms with Crippen LogP contribution in [-0.4, -0.2) is 62.6 Å². The van der Waals surface area contributed by atoms with Gasteiger partial charge in [-0.3, -0.25) is 4.79 Å². The van der Waals surface area contributed by atoms with Crippen molar-refractivity contribution in [3.05, 3.63) is 24.2 Å². The molecule has 31 heavy (non-hydrogen) atoms. The fourth-order valence-corrected chi connectivity index (χ4v) is 5.03. The molecule has 1 amide bonds. The minimum Gasteiger partial charge on any atom is -0.493 e. The van der Waals surface area contributed by atoms with E-state index in [4.69, 9.17) is 14.2 Å². The van der Waals surface area contributed by atoms with E-state index >= 15 is 0 Å². The molecule has 0 aliphatic carbocycles. The van der Waals surface area contributed by atoms with Gasteiger partial charge in [0.1, 0.15) is 5.82 Å². The molecule has 11 heteroatoms. The van der Waals surface area contributed by atoms with Crippen LogP contribution in [0.25, 0.3) is 0 Å². The standard InChI is InChI=1S/C20H28N4O6S/c1-13-21-18(12-23(13)2)31(26,27)24-8-6-14(7-9-24)20(25)22-15-10-16(28-3)19(30-5)17(11-15)29-4/h10-12,14H,6-9H2,1-5H3,(H,22,25). The molecule has 1 aromatic carbocycles. The van der Waals surface area contributed by atoms with Crippen LogP contribution in [0.15, 0.2) is 23.4 Å². The minimum absolute atomic E-state index is 0.0350. The molecule has 0 radical (unpaired) electrons. The van der Waals surface area contributed by atoms with Crippen LogP contribution in [-0.2, 0) is 21.9 Å². The summed E-state index contributed by atoms with van der Waals surface area (Å²) in [6.07, 6.45) is 2.34. The van der Waals surface area contributed by atoms with Crippen LogP contribution in [0.3, 0.4) is 0 Å². The van der Waals surface area contributed by atoms with Gasteiger partial charge in [-0.2, -0.15) is 4.31 Å². The van der Waals surface area contributed by atoms with Crippen LogP contribution in [0.5, 0.6) is 17.2 Å². The van der Waals surface area contributed by atoms with Crippen molar-refractivity contribution in [1.29, 1.82) is 0 Å². The average molecular weight is 453 g/mol. The van der Waals surface area contributed by atoms with Crippen molar-refractivity contribution in [1.82, 2.24) is 13.9 Å². The Bertz CT molecular complexity index is 1010. The molecule has 3 rings (SSSR count). The number of ether oxygens (including phenoxy) is 3. The number of sulfonamides is 1. The highest BCUT2D eigenvalue weighted by atomic mass is 32.2. The van der Waals surface area contributed by atoms with E-state index < -0.39 is 10.0 Å². The fourth-order valence-electron chi connectivity index (χ4n) is 3.54. The minimum atomic E-state index is -3.67. The second kappa shape index (κ2) is 9.15. The Morgan fingerprint density at radius 1 is 1.10 bits per heavy atom. The van der Waals surface area contributed by atoms with Gasteiger partial charge in [0.25, 0.3) is 10.0 Å². The van der Waals surface area contributed by atoms with E-state index in [2.05, 4.69) is 10.3 Å². The van der Waals surface area contributed by atoms with E-state index in [1.165, 1.54) is 31.8 Å². The Kier molecular flexibility index (Phi) is 6.75. The number of imidazole rings is 1. The molecule has 0 saturated carbocycles. The van der Waals surface area contributed by atoms with Gasteiger partial charge in [-0.25, -0.2) is 13.4 Å². The number of nitrogens with zero attached hydrogens (tertiary/aromatic N) is 3. The zero-order chi connectivity index (χ0) is 22.8. The third kappa shape index (κ3) is 4.62. The lowest BCUT2D eigenvalue weighted by atomic mass is 9.97. The summed E-state index contributed by atoms with van der Waals surface area (Å²) in [5.41, 5.74) is 0.513. The molecule has 1 saturated heterocycles. The van der Waals surface area contributed by atoms with Gasteiger partial charge in [0, 0.05) is 50.1 Å². The summed E-state index contributed by atoms with van der Waals surface area (Å²) in [6, 6.07) is 3.31. The molecular weight excluding hydrogens is 424 g/mol. The number of aryl methyl sites for hydroxylation is 2. The van der Waals surface area contributed by atoms with Gasteiger partial charge in [0.15, 0.2) is 16.5 Å². The third-order valence-electron chi connectivity index (χ3n) is 5.45. The van der Waals surface area contributed by atoms with Crippen molar-refractivity contribution in [2.75, 3.05) is 39.7 Å². The van der Waals surface area contributed by atoms with E-state index in [1.807, 2.05) is 0 Å². The number of piperidine rings is 1. The van der Waals surface area contributed by atoms with Gasteiger partial charge in [-0.1, -0.05) is 0 Å². The molecular formula is C20H28N4O6S. The summed E-state index contributed by atoms with van der Waals surface area (Å²) < 4.78 is 44.6. The maximum atomic E-state index is 12.8. The highest BCUT2D eigenvalue weighted by Crippen LogP contribution is 2.40. The molecule has 1 fully saturated rings. The molecule has 10 nitrogen and oxygen atoms in total. The number of anilines is 1. The zero-order valence-corrected chi connectivity index (χ0v) is 19.2. The molecule has 170 valence electrons. The van der Waals surface area contributed by atoms with E-state index in [0.29, 0.717) is 41.6 Å². The number of rotatable bonds is 7. The SMILES string of the molecule is COc1cc(NC(=O)C2CCN(S(=O)(=O)c3cn(C)c(C)n3)CC2)cc(OC)c1OC. The maximum Gasteiger partial charge on any atom is 0.262 e. The second-order valence-electron chi connectivity index (χ2n) is 7.32. The highest BCUT2D eigenvalue weighted by molar-refractivity contribution is 7.89. The first kappa shape index (κ1) is 22.9. The molecule has 1 aliphatic heterocycles. The maximum absolute atomic E-state index is 12.8. The monoisotopic (exact) mass is 452 g/mol. The normalized spacial score (nSPS) is 15.5. The lowest BCUT2D eigenvalue weighted by molar-refractivity contribution is -0.120. The summed E-state index contributed by atoms with van der Waals surface area (Å²) >= 11 is 0. The number of carbonyl (C=O) groups is 1. The van der Waals surface area contributed by atoms with Crippen LogP contribution < -0.4 is 19.5 Å².